The fraction of sp³-hybridized carbons (Fsp3) is 0.750. The number of ether oxygens (including phenoxy) is 1. The van der Waals surface area contributed by atoms with Gasteiger partial charge in [-0.1, -0.05) is 19.9 Å². The van der Waals surface area contributed by atoms with E-state index in [0.717, 1.165) is 12.8 Å². The molecule has 0 spiro atoms. The van der Waals surface area contributed by atoms with Gasteiger partial charge in [0.25, 0.3) is 0 Å². The van der Waals surface area contributed by atoms with Crippen molar-refractivity contribution in [3.63, 3.8) is 0 Å². The van der Waals surface area contributed by atoms with E-state index in [2.05, 4.69) is 19.9 Å². The van der Waals surface area contributed by atoms with Crippen LogP contribution in [0.25, 0.3) is 0 Å². The Morgan fingerprint density at radius 3 is 2.79 bits per heavy atom. The lowest BCUT2D eigenvalue weighted by molar-refractivity contribution is -0.145. The van der Waals surface area contributed by atoms with Crippen LogP contribution in [0.4, 0.5) is 0 Å². The van der Waals surface area contributed by atoms with E-state index in [-0.39, 0.29) is 12.1 Å². The van der Waals surface area contributed by atoms with Gasteiger partial charge in [-0.25, -0.2) is 0 Å². The lowest BCUT2D eigenvalue weighted by Gasteiger charge is -2.25. The normalized spacial score (nSPS) is 25.4. The van der Waals surface area contributed by atoms with Gasteiger partial charge in [-0.15, -0.1) is 0 Å². The van der Waals surface area contributed by atoms with E-state index >= 15 is 0 Å². The van der Waals surface area contributed by atoms with Crippen LogP contribution < -0.4 is 0 Å². The Morgan fingerprint density at radius 2 is 2.21 bits per heavy atom. The number of hydrogen-bond acceptors (Lipinski definition) is 2. The van der Waals surface area contributed by atoms with Crippen LogP contribution in [0.1, 0.15) is 46.5 Å². The van der Waals surface area contributed by atoms with Gasteiger partial charge in [-0.2, -0.15) is 0 Å². The van der Waals surface area contributed by atoms with Gasteiger partial charge < -0.3 is 4.74 Å². The molecule has 1 rings (SSSR count). The fourth-order valence-electron chi connectivity index (χ4n) is 1.96. The lowest BCUT2D eigenvalue weighted by Crippen LogP contribution is -2.22. The summed E-state index contributed by atoms with van der Waals surface area (Å²) in [6.45, 7) is 5.81. The molecule has 0 aromatic heterocycles. The van der Waals surface area contributed by atoms with Gasteiger partial charge in [0.1, 0.15) is 6.10 Å². The average molecular weight is 196 g/mol. The van der Waals surface area contributed by atoms with E-state index in [1.165, 1.54) is 25.3 Å². The molecule has 0 amide bonds. The van der Waals surface area contributed by atoms with Crippen molar-refractivity contribution in [3.05, 3.63) is 11.6 Å². The van der Waals surface area contributed by atoms with Crippen molar-refractivity contribution in [2.24, 2.45) is 5.92 Å². The minimum Gasteiger partial charge on any atom is -0.458 e. The fourth-order valence-corrected chi connectivity index (χ4v) is 1.96. The molecule has 1 atom stereocenters. The Morgan fingerprint density at radius 1 is 1.50 bits per heavy atom. The first-order valence-electron chi connectivity index (χ1n) is 5.47. The summed E-state index contributed by atoms with van der Waals surface area (Å²) in [4.78, 5) is 10.9. The maximum Gasteiger partial charge on any atom is 0.303 e. The number of esters is 1. The third-order valence-corrected chi connectivity index (χ3v) is 2.45. The van der Waals surface area contributed by atoms with Crippen LogP contribution in [0.3, 0.4) is 0 Å². The van der Waals surface area contributed by atoms with E-state index in [1.54, 1.807) is 0 Å². The highest BCUT2D eigenvalue weighted by molar-refractivity contribution is 5.66. The van der Waals surface area contributed by atoms with E-state index in [9.17, 15) is 4.79 Å². The largest absolute Gasteiger partial charge is 0.458 e. The Kier molecular flexibility index (Phi) is 4.18. The summed E-state index contributed by atoms with van der Waals surface area (Å²) in [6.07, 6.45) is 6.80. The van der Waals surface area contributed by atoms with Crippen molar-refractivity contribution in [2.75, 3.05) is 0 Å². The topological polar surface area (TPSA) is 26.3 Å². The number of rotatable bonds is 2. The summed E-state index contributed by atoms with van der Waals surface area (Å²) in [5.41, 5.74) is 1.32. The molecule has 0 aromatic carbocycles. The van der Waals surface area contributed by atoms with Crippen LogP contribution in [0.15, 0.2) is 11.6 Å². The van der Waals surface area contributed by atoms with Crippen LogP contribution in [0.5, 0.6) is 0 Å². The third kappa shape index (κ3) is 3.52. The second-order valence-electron chi connectivity index (χ2n) is 4.33. The Balaban J connectivity index is 2.63. The molecule has 0 heterocycles. The molecule has 0 N–H and O–H groups in total. The first kappa shape index (κ1) is 11.3. The molecule has 1 unspecified atom stereocenters. The molecule has 1 saturated carbocycles. The summed E-state index contributed by atoms with van der Waals surface area (Å²) in [5.74, 6) is 0.382. The molecule has 0 aliphatic heterocycles. The maximum absolute atomic E-state index is 10.9. The minimum atomic E-state index is -0.161. The number of hydrogen-bond donors (Lipinski definition) is 0. The molecule has 14 heavy (non-hydrogen) atoms. The molecule has 2 nitrogen and oxygen atoms in total. The zero-order valence-corrected chi connectivity index (χ0v) is 9.38. The first-order valence-corrected chi connectivity index (χ1v) is 5.47. The molecule has 1 aliphatic rings. The standard InChI is InChI=1S/C12H20O2/c1-9(2)8-11-6-4-5-7-12(11)14-10(3)13/h8-9,12H,4-7H2,1-3H3. The molecular weight excluding hydrogens is 176 g/mol. The summed E-state index contributed by atoms with van der Waals surface area (Å²) in [5, 5.41) is 0. The highest BCUT2D eigenvalue weighted by Gasteiger charge is 2.21. The Bertz CT molecular complexity index is 228. The van der Waals surface area contributed by atoms with Gasteiger partial charge in [-0.3, -0.25) is 4.79 Å². The molecule has 2 heteroatoms. The predicted molar refractivity (Wildman–Crippen MR) is 56.9 cm³/mol. The van der Waals surface area contributed by atoms with Crippen molar-refractivity contribution in [1.82, 2.24) is 0 Å². The van der Waals surface area contributed by atoms with Gasteiger partial charge in [0.05, 0.1) is 0 Å². The Hall–Kier alpha value is -0.790. The van der Waals surface area contributed by atoms with E-state index in [4.69, 9.17) is 4.74 Å². The molecular formula is C12H20O2. The van der Waals surface area contributed by atoms with Crippen molar-refractivity contribution in [1.29, 1.82) is 0 Å². The van der Waals surface area contributed by atoms with Crippen molar-refractivity contribution in [3.8, 4) is 0 Å². The van der Waals surface area contributed by atoms with Crippen LogP contribution >= 0.6 is 0 Å². The third-order valence-electron chi connectivity index (χ3n) is 2.45. The van der Waals surface area contributed by atoms with Crippen molar-refractivity contribution >= 4 is 5.97 Å². The maximum atomic E-state index is 10.9. The van der Waals surface area contributed by atoms with E-state index < -0.39 is 0 Å². The average Bonchev–Trinajstić information content (AvgIpc) is 2.06. The van der Waals surface area contributed by atoms with Gasteiger partial charge in [0.2, 0.25) is 0 Å². The Labute approximate surface area is 86.3 Å². The second kappa shape index (κ2) is 5.18. The predicted octanol–water partition coefficient (Wildman–Crippen LogP) is 3.07. The number of allylic oxidation sites excluding steroid dienone is 1. The molecule has 1 fully saturated rings. The van der Waals surface area contributed by atoms with Crippen LogP contribution in [0, 0.1) is 5.92 Å². The second-order valence-corrected chi connectivity index (χ2v) is 4.33. The molecule has 0 radical (unpaired) electrons. The molecule has 0 aromatic rings. The highest BCUT2D eigenvalue weighted by Crippen LogP contribution is 2.27. The van der Waals surface area contributed by atoms with Crippen LogP contribution in [-0.2, 0) is 9.53 Å². The van der Waals surface area contributed by atoms with Gasteiger partial charge in [0.15, 0.2) is 0 Å². The van der Waals surface area contributed by atoms with Gasteiger partial charge in [0, 0.05) is 6.92 Å². The van der Waals surface area contributed by atoms with Crippen LogP contribution in [0.2, 0.25) is 0 Å². The van der Waals surface area contributed by atoms with E-state index in [1.807, 2.05) is 0 Å². The summed E-state index contributed by atoms with van der Waals surface area (Å²) >= 11 is 0. The summed E-state index contributed by atoms with van der Waals surface area (Å²) in [7, 11) is 0. The molecule has 0 bridgehead atoms. The smallest absolute Gasteiger partial charge is 0.303 e. The van der Waals surface area contributed by atoms with Gasteiger partial charge >= 0.3 is 5.97 Å². The zero-order valence-electron chi connectivity index (χ0n) is 9.38. The molecule has 0 saturated heterocycles. The minimum absolute atomic E-state index is 0.0589. The first-order chi connectivity index (χ1) is 6.59. The van der Waals surface area contributed by atoms with Crippen molar-refractivity contribution < 1.29 is 9.53 Å². The lowest BCUT2D eigenvalue weighted by atomic mass is 9.90. The monoisotopic (exact) mass is 196 g/mol. The SMILES string of the molecule is CC(=O)OC1CCCCC1=CC(C)C. The number of carbonyl (C=O) groups is 1. The quantitative estimate of drug-likeness (QED) is 0.501. The van der Waals surface area contributed by atoms with Crippen LogP contribution in [-0.4, -0.2) is 12.1 Å². The zero-order chi connectivity index (χ0) is 10.6. The molecule has 80 valence electrons. The van der Waals surface area contributed by atoms with Crippen molar-refractivity contribution in [2.45, 2.75) is 52.6 Å². The van der Waals surface area contributed by atoms with Gasteiger partial charge in [-0.05, 0) is 37.2 Å². The summed E-state index contributed by atoms with van der Waals surface area (Å²) in [6, 6.07) is 0. The van der Waals surface area contributed by atoms with E-state index in [0.29, 0.717) is 5.92 Å². The molecule has 1 aliphatic carbocycles. The highest BCUT2D eigenvalue weighted by atomic mass is 16.5. The summed E-state index contributed by atoms with van der Waals surface area (Å²) < 4.78 is 5.30. The number of carbonyl (C=O) groups excluding carboxylic acids is 1.